The highest BCUT2D eigenvalue weighted by Crippen LogP contribution is 2.20. The summed E-state index contributed by atoms with van der Waals surface area (Å²) < 4.78 is 0. The number of hydrogen-bond acceptors (Lipinski definition) is 3. The van der Waals surface area contributed by atoms with Crippen molar-refractivity contribution in [3.8, 4) is 0 Å². The molecule has 1 heterocycles. The zero-order valence-electron chi connectivity index (χ0n) is 12.4. The molecule has 2 amide bonds. The van der Waals surface area contributed by atoms with Crippen molar-refractivity contribution < 1.29 is 9.59 Å². The lowest BCUT2D eigenvalue weighted by molar-refractivity contribution is -0.116. The van der Waals surface area contributed by atoms with E-state index >= 15 is 0 Å². The Hall–Kier alpha value is -1.88. The number of benzene rings is 1. The second-order valence-electron chi connectivity index (χ2n) is 5.64. The predicted molar refractivity (Wildman–Crippen MR) is 83.2 cm³/mol. The molecule has 1 aromatic rings. The standard InChI is InChI=1S/C16H23N3O2/c1-11-13(16(17)21)5-2-6-14(11)19-15(20)8-7-12-4-3-9-18-10-12/h2,5-6,12,18H,3-4,7-10H2,1H3,(H2,17,21)(H,19,20). The second-order valence-corrected chi connectivity index (χ2v) is 5.64. The molecule has 1 unspecified atom stereocenters. The van der Waals surface area contributed by atoms with Crippen LogP contribution >= 0.6 is 0 Å². The van der Waals surface area contributed by atoms with Crippen molar-refractivity contribution in [2.75, 3.05) is 18.4 Å². The van der Waals surface area contributed by atoms with E-state index in [1.54, 1.807) is 25.1 Å². The van der Waals surface area contributed by atoms with Gasteiger partial charge in [0.1, 0.15) is 0 Å². The highest BCUT2D eigenvalue weighted by atomic mass is 16.2. The Kier molecular flexibility index (Phi) is 5.33. The number of piperidine rings is 1. The van der Waals surface area contributed by atoms with Gasteiger partial charge >= 0.3 is 0 Å². The van der Waals surface area contributed by atoms with Crippen molar-refractivity contribution in [2.45, 2.75) is 32.6 Å². The van der Waals surface area contributed by atoms with E-state index in [9.17, 15) is 9.59 Å². The van der Waals surface area contributed by atoms with Crippen molar-refractivity contribution in [1.29, 1.82) is 0 Å². The van der Waals surface area contributed by atoms with Crippen LogP contribution in [0.1, 0.15) is 41.6 Å². The summed E-state index contributed by atoms with van der Waals surface area (Å²) in [6.45, 7) is 3.88. The van der Waals surface area contributed by atoms with Crippen LogP contribution in [0.3, 0.4) is 0 Å². The average Bonchev–Trinajstić information content (AvgIpc) is 2.48. The number of anilines is 1. The first-order valence-electron chi connectivity index (χ1n) is 7.48. The molecule has 1 aliphatic rings. The minimum Gasteiger partial charge on any atom is -0.366 e. The molecular weight excluding hydrogens is 266 g/mol. The largest absolute Gasteiger partial charge is 0.366 e. The van der Waals surface area contributed by atoms with Gasteiger partial charge in [0.05, 0.1) is 0 Å². The molecular formula is C16H23N3O2. The van der Waals surface area contributed by atoms with E-state index in [0.717, 1.165) is 25.1 Å². The summed E-state index contributed by atoms with van der Waals surface area (Å²) in [5, 5.41) is 6.23. The van der Waals surface area contributed by atoms with E-state index in [0.29, 0.717) is 23.6 Å². The van der Waals surface area contributed by atoms with E-state index in [1.807, 2.05) is 0 Å². The molecule has 0 saturated carbocycles. The zero-order valence-corrected chi connectivity index (χ0v) is 12.4. The molecule has 114 valence electrons. The Labute approximate surface area is 125 Å². The Morgan fingerprint density at radius 3 is 2.90 bits per heavy atom. The number of hydrogen-bond donors (Lipinski definition) is 3. The van der Waals surface area contributed by atoms with Crippen molar-refractivity contribution in [2.24, 2.45) is 11.7 Å². The first-order chi connectivity index (χ1) is 10.1. The van der Waals surface area contributed by atoms with E-state index in [4.69, 9.17) is 5.73 Å². The third kappa shape index (κ3) is 4.29. The molecule has 0 aliphatic carbocycles. The minimum atomic E-state index is -0.475. The lowest BCUT2D eigenvalue weighted by Crippen LogP contribution is -2.30. The maximum absolute atomic E-state index is 12.0. The van der Waals surface area contributed by atoms with Crippen LogP contribution in [0, 0.1) is 12.8 Å². The molecule has 1 fully saturated rings. The number of nitrogens with one attached hydrogen (secondary N) is 2. The molecule has 0 bridgehead atoms. The van der Waals surface area contributed by atoms with E-state index in [-0.39, 0.29) is 5.91 Å². The summed E-state index contributed by atoms with van der Waals surface area (Å²) in [6, 6.07) is 5.19. The van der Waals surface area contributed by atoms with E-state index in [1.165, 1.54) is 12.8 Å². The van der Waals surface area contributed by atoms with Crippen LogP contribution in [0.15, 0.2) is 18.2 Å². The van der Waals surface area contributed by atoms with Crippen molar-refractivity contribution in [3.63, 3.8) is 0 Å². The Bertz CT molecular complexity index is 522. The molecule has 21 heavy (non-hydrogen) atoms. The number of carbonyl (C=O) groups excluding carboxylic acids is 2. The molecule has 1 atom stereocenters. The molecule has 1 saturated heterocycles. The smallest absolute Gasteiger partial charge is 0.249 e. The quantitative estimate of drug-likeness (QED) is 0.773. The average molecular weight is 289 g/mol. The normalized spacial score (nSPS) is 18.2. The molecule has 1 aromatic carbocycles. The molecule has 0 radical (unpaired) electrons. The Morgan fingerprint density at radius 2 is 2.24 bits per heavy atom. The summed E-state index contributed by atoms with van der Waals surface area (Å²) in [7, 11) is 0. The van der Waals surface area contributed by atoms with Crippen LogP contribution in [0.4, 0.5) is 5.69 Å². The van der Waals surface area contributed by atoms with Gasteiger partial charge in [-0.05, 0) is 62.9 Å². The van der Waals surface area contributed by atoms with Crippen LogP contribution < -0.4 is 16.4 Å². The molecule has 0 spiro atoms. The van der Waals surface area contributed by atoms with E-state index < -0.39 is 5.91 Å². The van der Waals surface area contributed by atoms with Gasteiger partial charge in [0, 0.05) is 17.7 Å². The summed E-state index contributed by atoms with van der Waals surface area (Å²) in [6.07, 6.45) is 3.78. The van der Waals surface area contributed by atoms with Gasteiger partial charge in [0.15, 0.2) is 0 Å². The van der Waals surface area contributed by atoms with Gasteiger partial charge in [-0.25, -0.2) is 0 Å². The van der Waals surface area contributed by atoms with Gasteiger partial charge in [-0.3, -0.25) is 9.59 Å². The van der Waals surface area contributed by atoms with E-state index in [2.05, 4.69) is 10.6 Å². The molecule has 4 N–H and O–H groups in total. The van der Waals surface area contributed by atoms with Crippen molar-refractivity contribution in [1.82, 2.24) is 5.32 Å². The van der Waals surface area contributed by atoms with Crippen LogP contribution in [0.5, 0.6) is 0 Å². The lowest BCUT2D eigenvalue weighted by atomic mass is 9.94. The van der Waals surface area contributed by atoms with Gasteiger partial charge in [-0.2, -0.15) is 0 Å². The van der Waals surface area contributed by atoms with Crippen LogP contribution in [-0.4, -0.2) is 24.9 Å². The van der Waals surface area contributed by atoms with Gasteiger partial charge < -0.3 is 16.4 Å². The predicted octanol–water partition coefficient (Wildman–Crippen LogP) is 1.81. The first kappa shape index (κ1) is 15.5. The molecule has 5 heteroatoms. The Morgan fingerprint density at radius 1 is 1.43 bits per heavy atom. The fourth-order valence-corrected chi connectivity index (χ4v) is 2.76. The fourth-order valence-electron chi connectivity index (χ4n) is 2.76. The molecule has 0 aromatic heterocycles. The third-order valence-electron chi connectivity index (χ3n) is 4.05. The Balaban J connectivity index is 1.90. The second kappa shape index (κ2) is 7.22. The summed E-state index contributed by atoms with van der Waals surface area (Å²) in [5.74, 6) is 0.102. The van der Waals surface area contributed by atoms with Crippen LogP contribution in [0.2, 0.25) is 0 Å². The maximum atomic E-state index is 12.0. The van der Waals surface area contributed by atoms with Crippen molar-refractivity contribution in [3.05, 3.63) is 29.3 Å². The molecule has 2 rings (SSSR count). The summed E-state index contributed by atoms with van der Waals surface area (Å²) in [4.78, 5) is 23.3. The van der Waals surface area contributed by atoms with Crippen LogP contribution in [-0.2, 0) is 4.79 Å². The first-order valence-corrected chi connectivity index (χ1v) is 7.48. The molecule has 1 aliphatic heterocycles. The number of amides is 2. The number of rotatable bonds is 5. The topological polar surface area (TPSA) is 84.2 Å². The minimum absolute atomic E-state index is 0.00899. The van der Waals surface area contributed by atoms with Gasteiger partial charge in [0.2, 0.25) is 11.8 Å². The third-order valence-corrected chi connectivity index (χ3v) is 4.05. The van der Waals surface area contributed by atoms with Gasteiger partial charge in [0.25, 0.3) is 0 Å². The number of carbonyl (C=O) groups is 2. The summed E-state index contributed by atoms with van der Waals surface area (Å²) >= 11 is 0. The molecule has 5 nitrogen and oxygen atoms in total. The maximum Gasteiger partial charge on any atom is 0.249 e. The highest BCUT2D eigenvalue weighted by Gasteiger charge is 2.15. The number of primary amides is 1. The lowest BCUT2D eigenvalue weighted by Gasteiger charge is -2.22. The fraction of sp³-hybridized carbons (Fsp3) is 0.500. The zero-order chi connectivity index (χ0) is 15.2. The summed E-state index contributed by atoms with van der Waals surface area (Å²) in [5.41, 5.74) is 7.15. The van der Waals surface area contributed by atoms with Gasteiger partial charge in [-0.1, -0.05) is 6.07 Å². The highest BCUT2D eigenvalue weighted by molar-refractivity contribution is 5.98. The SMILES string of the molecule is Cc1c(NC(=O)CCC2CCCNC2)cccc1C(N)=O. The van der Waals surface area contributed by atoms with Crippen molar-refractivity contribution >= 4 is 17.5 Å². The van der Waals surface area contributed by atoms with Gasteiger partial charge in [-0.15, -0.1) is 0 Å². The monoisotopic (exact) mass is 289 g/mol. The van der Waals surface area contributed by atoms with Crippen LogP contribution in [0.25, 0.3) is 0 Å². The number of nitrogens with two attached hydrogens (primary N) is 1.